The first-order chi connectivity index (χ1) is 8.84. The fraction of sp³-hybridized carbons (Fsp3) is 0.0833. The van der Waals surface area contributed by atoms with E-state index in [1.165, 1.54) is 12.1 Å². The van der Waals surface area contributed by atoms with Gasteiger partial charge in [0.2, 0.25) is 0 Å². The van der Waals surface area contributed by atoms with E-state index in [1.54, 1.807) is 24.3 Å². The quantitative estimate of drug-likeness (QED) is 0.880. The molecule has 0 aliphatic heterocycles. The van der Waals surface area contributed by atoms with Gasteiger partial charge in [-0.1, -0.05) is 29.3 Å². The number of nitrogens with one attached hydrogen (secondary N) is 1. The molecule has 4 nitrogen and oxygen atoms in total. The van der Waals surface area contributed by atoms with E-state index in [0.717, 1.165) is 6.26 Å². The van der Waals surface area contributed by atoms with Gasteiger partial charge < -0.3 is 5.32 Å². The number of halogens is 2. The van der Waals surface area contributed by atoms with Gasteiger partial charge in [0.25, 0.3) is 0 Å². The number of anilines is 2. The minimum Gasteiger partial charge on any atom is -0.355 e. The molecule has 0 spiro atoms. The van der Waals surface area contributed by atoms with Gasteiger partial charge in [-0.15, -0.1) is 0 Å². The zero-order valence-corrected chi connectivity index (χ0v) is 12.2. The number of rotatable bonds is 3. The molecule has 0 aliphatic carbocycles. The highest BCUT2D eigenvalue weighted by atomic mass is 35.5. The van der Waals surface area contributed by atoms with Gasteiger partial charge in [0.15, 0.2) is 9.84 Å². The Morgan fingerprint density at radius 3 is 2.26 bits per heavy atom. The highest BCUT2D eigenvalue weighted by molar-refractivity contribution is 7.90. The second-order valence-corrected chi connectivity index (χ2v) is 6.72. The minimum atomic E-state index is -3.24. The smallest absolute Gasteiger partial charge is 0.175 e. The Balaban J connectivity index is 2.33. The lowest BCUT2D eigenvalue weighted by molar-refractivity contribution is 0.602. The highest BCUT2D eigenvalue weighted by Crippen LogP contribution is 2.24. The van der Waals surface area contributed by atoms with Gasteiger partial charge in [-0.05, 0) is 30.3 Å². The molecule has 1 aromatic heterocycles. The fourth-order valence-electron chi connectivity index (χ4n) is 1.51. The molecule has 1 N–H and O–H groups in total. The van der Waals surface area contributed by atoms with Gasteiger partial charge in [-0.25, -0.2) is 13.4 Å². The van der Waals surface area contributed by atoms with Crippen molar-refractivity contribution in [3.63, 3.8) is 0 Å². The summed E-state index contributed by atoms with van der Waals surface area (Å²) in [4.78, 5) is 4.07. The summed E-state index contributed by atoms with van der Waals surface area (Å²) in [6, 6.07) is 9.67. The number of aromatic nitrogens is 1. The summed E-state index contributed by atoms with van der Waals surface area (Å²) < 4.78 is 22.9. The van der Waals surface area contributed by atoms with E-state index >= 15 is 0 Å². The minimum absolute atomic E-state index is 0.240. The SMILES string of the molecule is CS(=O)(=O)c1cccc(Nc2cc(Cl)nc(Cl)c2)c1. The lowest BCUT2D eigenvalue weighted by atomic mass is 10.3. The van der Waals surface area contributed by atoms with Crippen molar-refractivity contribution in [2.24, 2.45) is 0 Å². The number of sulfone groups is 1. The van der Waals surface area contributed by atoms with Crippen LogP contribution in [0.15, 0.2) is 41.3 Å². The summed E-state index contributed by atoms with van der Waals surface area (Å²) in [6.45, 7) is 0. The molecule has 7 heteroatoms. The third kappa shape index (κ3) is 3.83. The zero-order valence-electron chi connectivity index (χ0n) is 9.89. The molecule has 0 radical (unpaired) electrons. The normalized spacial score (nSPS) is 11.3. The van der Waals surface area contributed by atoms with Gasteiger partial charge in [-0.2, -0.15) is 0 Å². The van der Waals surface area contributed by atoms with Crippen molar-refractivity contribution in [1.29, 1.82) is 0 Å². The van der Waals surface area contributed by atoms with Crippen LogP contribution >= 0.6 is 23.2 Å². The molecule has 2 rings (SSSR count). The topological polar surface area (TPSA) is 59.1 Å². The number of pyridine rings is 1. The molecule has 19 heavy (non-hydrogen) atoms. The molecule has 0 saturated carbocycles. The molecule has 0 amide bonds. The predicted molar refractivity (Wildman–Crippen MR) is 77.1 cm³/mol. The van der Waals surface area contributed by atoms with Crippen molar-refractivity contribution in [3.05, 3.63) is 46.7 Å². The maximum Gasteiger partial charge on any atom is 0.175 e. The first kappa shape index (κ1) is 14.1. The van der Waals surface area contributed by atoms with Crippen LogP contribution in [0.2, 0.25) is 10.3 Å². The number of hydrogen-bond acceptors (Lipinski definition) is 4. The van der Waals surface area contributed by atoms with Gasteiger partial charge >= 0.3 is 0 Å². The van der Waals surface area contributed by atoms with Crippen LogP contribution in [-0.4, -0.2) is 19.7 Å². The lowest BCUT2D eigenvalue weighted by Gasteiger charge is -2.08. The summed E-state index contributed by atoms with van der Waals surface area (Å²) in [7, 11) is -3.24. The average molecular weight is 317 g/mol. The summed E-state index contributed by atoms with van der Waals surface area (Å²) >= 11 is 11.6. The molecule has 100 valence electrons. The molecule has 0 unspecified atom stereocenters. The Bertz CT molecular complexity index is 697. The van der Waals surface area contributed by atoms with Crippen LogP contribution in [0, 0.1) is 0 Å². The van der Waals surface area contributed by atoms with Crippen molar-refractivity contribution < 1.29 is 8.42 Å². The molecule has 0 saturated heterocycles. The van der Waals surface area contributed by atoms with E-state index < -0.39 is 9.84 Å². The maximum atomic E-state index is 11.5. The second kappa shape index (κ2) is 5.36. The standard InChI is InChI=1S/C12H10Cl2N2O2S/c1-19(17,18)10-4-2-3-8(5-10)15-9-6-11(13)16-12(14)7-9/h2-7H,1H3,(H,15,16). The van der Waals surface area contributed by atoms with E-state index in [2.05, 4.69) is 10.3 Å². The number of benzene rings is 1. The van der Waals surface area contributed by atoms with E-state index in [1.807, 2.05) is 0 Å². The Hall–Kier alpha value is -1.30. The summed E-state index contributed by atoms with van der Waals surface area (Å²) in [5.74, 6) is 0. The van der Waals surface area contributed by atoms with Crippen molar-refractivity contribution in [2.75, 3.05) is 11.6 Å². The molecule has 0 atom stereocenters. The maximum absolute atomic E-state index is 11.5. The van der Waals surface area contributed by atoms with Crippen LogP contribution in [0.4, 0.5) is 11.4 Å². The number of hydrogen-bond donors (Lipinski definition) is 1. The molecule has 0 bridgehead atoms. The Kier molecular flexibility index (Phi) is 3.99. The van der Waals surface area contributed by atoms with Crippen LogP contribution in [0.5, 0.6) is 0 Å². The highest BCUT2D eigenvalue weighted by Gasteiger charge is 2.07. The third-order valence-electron chi connectivity index (χ3n) is 2.31. The number of nitrogens with zero attached hydrogens (tertiary/aromatic N) is 1. The third-order valence-corrected chi connectivity index (χ3v) is 3.81. The fourth-order valence-corrected chi connectivity index (χ4v) is 2.64. The average Bonchev–Trinajstić information content (AvgIpc) is 2.26. The Morgan fingerprint density at radius 2 is 1.68 bits per heavy atom. The first-order valence-corrected chi connectivity index (χ1v) is 7.89. The van der Waals surface area contributed by atoms with Gasteiger partial charge in [0, 0.05) is 17.6 Å². The predicted octanol–water partition coefficient (Wildman–Crippen LogP) is 3.54. The Morgan fingerprint density at radius 1 is 1.05 bits per heavy atom. The van der Waals surface area contributed by atoms with Crippen molar-refractivity contribution in [2.45, 2.75) is 4.90 Å². The molecular weight excluding hydrogens is 307 g/mol. The van der Waals surface area contributed by atoms with E-state index in [-0.39, 0.29) is 15.2 Å². The van der Waals surface area contributed by atoms with Crippen LogP contribution < -0.4 is 5.32 Å². The van der Waals surface area contributed by atoms with Crippen LogP contribution in [-0.2, 0) is 9.84 Å². The Labute approximate surface area is 121 Å². The van der Waals surface area contributed by atoms with Gasteiger partial charge in [0.1, 0.15) is 10.3 Å². The van der Waals surface area contributed by atoms with E-state index in [4.69, 9.17) is 23.2 Å². The monoisotopic (exact) mass is 316 g/mol. The largest absolute Gasteiger partial charge is 0.355 e. The molecular formula is C12H10Cl2N2O2S. The van der Waals surface area contributed by atoms with Crippen molar-refractivity contribution in [1.82, 2.24) is 4.98 Å². The lowest BCUT2D eigenvalue weighted by Crippen LogP contribution is -1.98. The summed E-state index contributed by atoms with van der Waals surface area (Å²) in [5.41, 5.74) is 1.26. The van der Waals surface area contributed by atoms with Crippen molar-refractivity contribution in [3.8, 4) is 0 Å². The van der Waals surface area contributed by atoms with Gasteiger partial charge in [0.05, 0.1) is 4.90 Å². The summed E-state index contributed by atoms with van der Waals surface area (Å²) in [6.07, 6.45) is 1.16. The van der Waals surface area contributed by atoms with Crippen LogP contribution in [0.1, 0.15) is 0 Å². The molecule has 1 aromatic carbocycles. The van der Waals surface area contributed by atoms with E-state index in [9.17, 15) is 8.42 Å². The molecule has 2 aromatic rings. The molecule has 0 fully saturated rings. The van der Waals surface area contributed by atoms with Crippen molar-refractivity contribution >= 4 is 44.4 Å². The first-order valence-electron chi connectivity index (χ1n) is 5.25. The molecule has 1 heterocycles. The van der Waals surface area contributed by atoms with E-state index in [0.29, 0.717) is 11.4 Å². The van der Waals surface area contributed by atoms with Crippen LogP contribution in [0.3, 0.4) is 0 Å². The second-order valence-electron chi connectivity index (χ2n) is 3.93. The summed E-state index contributed by atoms with van der Waals surface area (Å²) in [5, 5.41) is 3.54. The molecule has 0 aliphatic rings. The van der Waals surface area contributed by atoms with Gasteiger partial charge in [-0.3, -0.25) is 0 Å². The zero-order chi connectivity index (χ0) is 14.0. The van der Waals surface area contributed by atoms with Crippen LogP contribution in [0.25, 0.3) is 0 Å².